The minimum Gasteiger partial charge on any atom is -0.493 e. The fraction of sp³-hybridized carbons (Fsp3) is 0.391. The van der Waals surface area contributed by atoms with E-state index in [1.807, 2.05) is 26.8 Å². The van der Waals surface area contributed by atoms with E-state index in [0.29, 0.717) is 30.2 Å². The Morgan fingerprint density at radius 3 is 2.32 bits per heavy atom. The van der Waals surface area contributed by atoms with Crippen LogP contribution in [0.5, 0.6) is 11.5 Å². The standard InChI is InChI=1S/C23H29BrN2O5/c1-6-30-22(28)15-7-9-16(10-8-15)25-13-17-18(24)11-12-19(29-5)21(17)31-14-20(27)26-23(2,3)4/h7-12,25H,6,13-14H2,1-5H3,(H,26,27). The molecule has 0 aliphatic carbocycles. The topological polar surface area (TPSA) is 85.9 Å². The molecule has 0 heterocycles. The van der Waals surface area contributed by atoms with Crippen molar-refractivity contribution in [2.45, 2.75) is 39.8 Å². The lowest BCUT2D eigenvalue weighted by Crippen LogP contribution is -2.43. The number of methoxy groups -OCH3 is 1. The molecule has 0 saturated carbocycles. The van der Waals surface area contributed by atoms with Crippen molar-refractivity contribution in [3.05, 3.63) is 52.0 Å². The van der Waals surface area contributed by atoms with E-state index in [2.05, 4.69) is 26.6 Å². The summed E-state index contributed by atoms with van der Waals surface area (Å²) in [6.07, 6.45) is 0. The van der Waals surface area contributed by atoms with E-state index in [1.165, 1.54) is 0 Å². The molecule has 0 unspecified atom stereocenters. The zero-order valence-electron chi connectivity index (χ0n) is 18.5. The lowest BCUT2D eigenvalue weighted by Gasteiger charge is -2.22. The Bertz CT molecular complexity index is 907. The van der Waals surface area contributed by atoms with Gasteiger partial charge in [-0.15, -0.1) is 0 Å². The molecule has 168 valence electrons. The van der Waals surface area contributed by atoms with Gasteiger partial charge in [-0.05, 0) is 64.1 Å². The summed E-state index contributed by atoms with van der Waals surface area (Å²) in [6, 6.07) is 10.7. The average Bonchev–Trinajstić information content (AvgIpc) is 2.70. The second-order valence-corrected chi connectivity index (χ2v) is 8.65. The van der Waals surface area contributed by atoms with E-state index >= 15 is 0 Å². The van der Waals surface area contributed by atoms with Crippen LogP contribution in [0.1, 0.15) is 43.6 Å². The number of carbonyl (C=O) groups is 2. The molecule has 1 amide bonds. The van der Waals surface area contributed by atoms with Crippen molar-refractivity contribution in [1.29, 1.82) is 0 Å². The summed E-state index contributed by atoms with van der Waals surface area (Å²) in [6.45, 7) is 8.11. The van der Waals surface area contributed by atoms with Gasteiger partial charge in [0.2, 0.25) is 0 Å². The summed E-state index contributed by atoms with van der Waals surface area (Å²) in [5, 5.41) is 6.17. The van der Waals surface area contributed by atoms with E-state index in [4.69, 9.17) is 14.2 Å². The molecule has 2 rings (SSSR count). The fourth-order valence-corrected chi connectivity index (χ4v) is 3.24. The highest BCUT2D eigenvalue weighted by Gasteiger charge is 2.18. The molecule has 0 fully saturated rings. The van der Waals surface area contributed by atoms with Crippen LogP contribution in [0, 0.1) is 0 Å². The molecule has 0 radical (unpaired) electrons. The predicted molar refractivity (Wildman–Crippen MR) is 124 cm³/mol. The molecule has 0 aliphatic rings. The highest BCUT2D eigenvalue weighted by atomic mass is 79.9. The SMILES string of the molecule is CCOC(=O)c1ccc(NCc2c(Br)ccc(OC)c2OCC(=O)NC(C)(C)C)cc1. The summed E-state index contributed by atoms with van der Waals surface area (Å²) < 4.78 is 17.1. The minimum absolute atomic E-state index is 0.134. The number of nitrogens with one attached hydrogen (secondary N) is 2. The largest absolute Gasteiger partial charge is 0.493 e. The molecule has 2 aromatic rings. The van der Waals surface area contributed by atoms with Crippen LogP contribution in [0.4, 0.5) is 5.69 Å². The number of anilines is 1. The number of carbonyl (C=O) groups excluding carboxylic acids is 2. The van der Waals surface area contributed by atoms with Crippen LogP contribution < -0.4 is 20.1 Å². The Hall–Kier alpha value is -2.74. The van der Waals surface area contributed by atoms with Gasteiger partial charge in [0.25, 0.3) is 5.91 Å². The average molecular weight is 493 g/mol. The molecule has 0 saturated heterocycles. The van der Waals surface area contributed by atoms with Crippen molar-refractivity contribution in [3.63, 3.8) is 0 Å². The molecule has 0 bridgehead atoms. The van der Waals surface area contributed by atoms with Gasteiger partial charge in [0.05, 0.1) is 19.3 Å². The molecule has 0 aromatic heterocycles. The first-order chi connectivity index (χ1) is 14.6. The third-order valence-corrected chi connectivity index (χ3v) is 4.86. The van der Waals surface area contributed by atoms with Crippen molar-refractivity contribution in [2.75, 3.05) is 25.6 Å². The van der Waals surface area contributed by atoms with Crippen molar-refractivity contribution >= 4 is 33.5 Å². The molecule has 31 heavy (non-hydrogen) atoms. The summed E-state index contributed by atoms with van der Waals surface area (Å²) in [7, 11) is 1.55. The molecule has 2 aromatic carbocycles. The monoisotopic (exact) mass is 492 g/mol. The van der Waals surface area contributed by atoms with Crippen LogP contribution in [0.2, 0.25) is 0 Å². The van der Waals surface area contributed by atoms with Gasteiger partial charge < -0.3 is 24.8 Å². The van der Waals surface area contributed by atoms with Crippen molar-refractivity contribution in [2.24, 2.45) is 0 Å². The maximum Gasteiger partial charge on any atom is 0.338 e. The third-order valence-electron chi connectivity index (χ3n) is 4.11. The van der Waals surface area contributed by atoms with Crippen molar-refractivity contribution in [1.82, 2.24) is 5.32 Å². The van der Waals surface area contributed by atoms with Crippen LogP contribution in [0.25, 0.3) is 0 Å². The van der Waals surface area contributed by atoms with Crippen LogP contribution in [-0.2, 0) is 16.1 Å². The van der Waals surface area contributed by atoms with Crippen molar-refractivity contribution in [3.8, 4) is 11.5 Å². The molecule has 7 nitrogen and oxygen atoms in total. The number of halogens is 1. The molecule has 8 heteroatoms. The molecule has 2 N–H and O–H groups in total. The number of benzene rings is 2. The van der Waals surface area contributed by atoms with Crippen LogP contribution in [0.15, 0.2) is 40.9 Å². The quantitative estimate of drug-likeness (QED) is 0.499. The Morgan fingerprint density at radius 2 is 1.74 bits per heavy atom. The van der Waals surface area contributed by atoms with Gasteiger partial charge >= 0.3 is 5.97 Å². The lowest BCUT2D eigenvalue weighted by molar-refractivity contribution is -0.124. The first-order valence-corrected chi connectivity index (χ1v) is 10.7. The summed E-state index contributed by atoms with van der Waals surface area (Å²) >= 11 is 3.55. The summed E-state index contributed by atoms with van der Waals surface area (Å²) in [5.74, 6) is 0.439. The van der Waals surface area contributed by atoms with Gasteiger partial charge in [-0.25, -0.2) is 4.79 Å². The van der Waals surface area contributed by atoms with E-state index in [0.717, 1.165) is 15.7 Å². The number of ether oxygens (including phenoxy) is 3. The zero-order chi connectivity index (χ0) is 23.0. The third kappa shape index (κ3) is 7.47. The Balaban J connectivity index is 2.14. The number of hydrogen-bond acceptors (Lipinski definition) is 6. The summed E-state index contributed by atoms with van der Waals surface area (Å²) in [5.41, 5.74) is 1.77. The van der Waals surface area contributed by atoms with E-state index < -0.39 is 0 Å². The van der Waals surface area contributed by atoms with E-state index in [9.17, 15) is 9.59 Å². The second kappa shape index (κ2) is 11.0. The van der Waals surface area contributed by atoms with Crippen LogP contribution in [-0.4, -0.2) is 37.7 Å². The van der Waals surface area contributed by atoms with Gasteiger partial charge in [0.15, 0.2) is 18.1 Å². The van der Waals surface area contributed by atoms with Gasteiger partial charge in [-0.3, -0.25) is 4.79 Å². The van der Waals surface area contributed by atoms with E-state index in [-0.39, 0.29) is 24.0 Å². The van der Waals surface area contributed by atoms with Gasteiger partial charge in [0, 0.05) is 27.8 Å². The van der Waals surface area contributed by atoms with Crippen LogP contribution in [0.3, 0.4) is 0 Å². The molecule has 0 atom stereocenters. The number of esters is 1. The minimum atomic E-state index is -0.353. The first kappa shape index (κ1) is 24.5. The molecular formula is C23H29BrN2O5. The Labute approximate surface area is 191 Å². The number of amides is 1. The predicted octanol–water partition coefficient (Wildman–Crippen LogP) is 4.54. The summed E-state index contributed by atoms with van der Waals surface area (Å²) in [4.78, 5) is 24.0. The van der Waals surface area contributed by atoms with Crippen LogP contribution >= 0.6 is 15.9 Å². The highest BCUT2D eigenvalue weighted by Crippen LogP contribution is 2.36. The molecule has 0 spiro atoms. The normalized spacial score (nSPS) is 10.9. The Morgan fingerprint density at radius 1 is 1.06 bits per heavy atom. The van der Waals surface area contributed by atoms with Crippen molar-refractivity contribution < 1.29 is 23.8 Å². The lowest BCUT2D eigenvalue weighted by atomic mass is 10.1. The van der Waals surface area contributed by atoms with Gasteiger partial charge in [-0.2, -0.15) is 0 Å². The van der Waals surface area contributed by atoms with E-state index in [1.54, 1.807) is 44.4 Å². The number of hydrogen-bond donors (Lipinski definition) is 2. The highest BCUT2D eigenvalue weighted by molar-refractivity contribution is 9.10. The second-order valence-electron chi connectivity index (χ2n) is 7.80. The maximum atomic E-state index is 12.2. The smallest absolute Gasteiger partial charge is 0.338 e. The Kier molecular flexibility index (Phi) is 8.74. The molecular weight excluding hydrogens is 464 g/mol. The fourth-order valence-electron chi connectivity index (χ4n) is 2.79. The van der Waals surface area contributed by atoms with Gasteiger partial charge in [0.1, 0.15) is 0 Å². The van der Waals surface area contributed by atoms with Gasteiger partial charge in [-0.1, -0.05) is 15.9 Å². The first-order valence-electron chi connectivity index (χ1n) is 9.95. The maximum absolute atomic E-state index is 12.2. The molecule has 0 aliphatic heterocycles. The number of rotatable bonds is 9. The zero-order valence-corrected chi connectivity index (χ0v) is 20.1.